The van der Waals surface area contributed by atoms with Gasteiger partial charge >= 0.3 is 0 Å². The molecule has 1 saturated carbocycles. The molecule has 0 bridgehead atoms. The van der Waals surface area contributed by atoms with Gasteiger partial charge in [-0.3, -0.25) is 9.36 Å². The van der Waals surface area contributed by atoms with E-state index in [9.17, 15) is 10.1 Å². The monoisotopic (exact) mass is 447 g/mol. The van der Waals surface area contributed by atoms with E-state index in [0.717, 1.165) is 36.3 Å². The highest BCUT2D eigenvalue weighted by Crippen LogP contribution is 2.31. The predicted octanol–water partition coefficient (Wildman–Crippen LogP) is 4.38. The number of methoxy groups -OCH3 is 1. The maximum atomic E-state index is 12.7. The Morgan fingerprint density at radius 1 is 1.16 bits per heavy atom. The van der Waals surface area contributed by atoms with Crippen molar-refractivity contribution in [2.75, 3.05) is 12.9 Å². The summed E-state index contributed by atoms with van der Waals surface area (Å²) in [5.74, 6) is 1.39. The summed E-state index contributed by atoms with van der Waals surface area (Å²) in [6.07, 6.45) is 4.46. The lowest BCUT2D eigenvalue weighted by atomic mass is 9.83. The number of amides is 1. The lowest BCUT2D eigenvalue weighted by molar-refractivity contribution is -0.120. The highest BCUT2D eigenvalue weighted by Gasteiger charge is 2.33. The van der Waals surface area contributed by atoms with Crippen molar-refractivity contribution in [1.29, 1.82) is 5.26 Å². The molecule has 1 aliphatic rings. The average Bonchev–Trinajstić information content (AvgIpc) is 3.28. The first-order valence-corrected chi connectivity index (χ1v) is 11.6. The number of nitrogens with one attached hydrogen (secondary N) is 1. The molecule has 0 spiro atoms. The molecule has 4 rings (SSSR count). The number of carbonyl (C=O) groups is 1. The quantitative estimate of drug-likeness (QED) is 0.541. The zero-order chi connectivity index (χ0) is 22.4. The van der Waals surface area contributed by atoms with Crippen LogP contribution in [0.2, 0.25) is 0 Å². The van der Waals surface area contributed by atoms with E-state index in [4.69, 9.17) is 4.74 Å². The van der Waals surface area contributed by atoms with Crippen LogP contribution < -0.4 is 10.1 Å². The van der Waals surface area contributed by atoms with Crippen molar-refractivity contribution >= 4 is 17.7 Å². The second kappa shape index (κ2) is 9.88. The van der Waals surface area contributed by atoms with E-state index in [1.807, 2.05) is 59.2 Å². The summed E-state index contributed by atoms with van der Waals surface area (Å²) in [4.78, 5) is 12.7. The van der Waals surface area contributed by atoms with E-state index in [0.29, 0.717) is 23.8 Å². The molecule has 164 valence electrons. The summed E-state index contributed by atoms with van der Waals surface area (Å²) in [7, 11) is 1.63. The van der Waals surface area contributed by atoms with E-state index < -0.39 is 5.54 Å². The van der Waals surface area contributed by atoms with Gasteiger partial charge in [0.2, 0.25) is 5.91 Å². The number of rotatable bonds is 7. The fourth-order valence-corrected chi connectivity index (χ4v) is 4.73. The Labute approximate surface area is 191 Å². The molecule has 2 aromatic carbocycles. The molecule has 1 heterocycles. The number of aromatic nitrogens is 3. The van der Waals surface area contributed by atoms with Gasteiger partial charge in [0, 0.05) is 11.3 Å². The van der Waals surface area contributed by atoms with Crippen LogP contribution in [-0.4, -0.2) is 39.1 Å². The molecule has 8 heteroatoms. The Bertz CT molecular complexity index is 1120. The van der Waals surface area contributed by atoms with Gasteiger partial charge < -0.3 is 10.1 Å². The molecule has 7 nitrogen and oxygen atoms in total. The van der Waals surface area contributed by atoms with Gasteiger partial charge in [0.05, 0.1) is 18.9 Å². The molecule has 3 aromatic rings. The van der Waals surface area contributed by atoms with Crippen molar-refractivity contribution in [3.05, 3.63) is 54.6 Å². The molecule has 32 heavy (non-hydrogen) atoms. The molecule has 0 radical (unpaired) electrons. The lowest BCUT2D eigenvalue weighted by Gasteiger charge is -2.31. The standard InChI is InChI=1S/C24H25N5O2S/c1-31-20-12-8-9-18(15-20)22-27-28-23(29(22)19-10-4-2-5-11-19)32-16-21(30)26-24(17-25)13-6-3-7-14-24/h2,4-5,8-12,15H,3,6-7,13-14,16H2,1H3,(H,26,30). The van der Waals surface area contributed by atoms with Crippen LogP contribution >= 0.6 is 11.8 Å². The van der Waals surface area contributed by atoms with Crippen LogP contribution in [0.3, 0.4) is 0 Å². The van der Waals surface area contributed by atoms with E-state index in [1.165, 1.54) is 11.8 Å². The van der Waals surface area contributed by atoms with E-state index in [1.54, 1.807) is 7.11 Å². The van der Waals surface area contributed by atoms with Crippen molar-refractivity contribution in [1.82, 2.24) is 20.1 Å². The SMILES string of the molecule is COc1cccc(-c2nnc(SCC(=O)NC3(C#N)CCCCC3)n2-c2ccccc2)c1. The smallest absolute Gasteiger partial charge is 0.231 e. The van der Waals surface area contributed by atoms with Crippen molar-refractivity contribution in [2.45, 2.75) is 42.8 Å². The molecule has 1 N–H and O–H groups in total. The van der Waals surface area contributed by atoms with Gasteiger partial charge in [-0.25, -0.2) is 0 Å². The van der Waals surface area contributed by atoms with Crippen molar-refractivity contribution in [3.63, 3.8) is 0 Å². The summed E-state index contributed by atoms with van der Waals surface area (Å²) in [5, 5.41) is 22.0. The third-order valence-corrected chi connectivity index (χ3v) is 6.54. The number of hydrogen-bond acceptors (Lipinski definition) is 6. The molecular formula is C24H25N5O2S. The van der Waals surface area contributed by atoms with Gasteiger partial charge in [0.1, 0.15) is 11.3 Å². The molecule has 1 aliphatic carbocycles. The van der Waals surface area contributed by atoms with E-state index in [-0.39, 0.29) is 11.7 Å². The Morgan fingerprint density at radius 2 is 1.94 bits per heavy atom. The number of nitrogens with zero attached hydrogens (tertiary/aromatic N) is 4. The van der Waals surface area contributed by atoms with Crippen LogP contribution in [-0.2, 0) is 4.79 Å². The largest absolute Gasteiger partial charge is 0.497 e. The maximum absolute atomic E-state index is 12.7. The number of benzene rings is 2. The van der Waals surface area contributed by atoms with Gasteiger partial charge in [-0.1, -0.05) is 61.4 Å². The van der Waals surface area contributed by atoms with Crippen molar-refractivity contribution < 1.29 is 9.53 Å². The fourth-order valence-electron chi connectivity index (χ4n) is 3.98. The van der Waals surface area contributed by atoms with Gasteiger partial charge in [-0.05, 0) is 37.1 Å². The second-order valence-electron chi connectivity index (χ2n) is 7.80. The first-order chi connectivity index (χ1) is 15.6. The van der Waals surface area contributed by atoms with Crippen LogP contribution in [0.15, 0.2) is 59.8 Å². The Hall–Kier alpha value is -3.31. The van der Waals surface area contributed by atoms with Gasteiger partial charge in [-0.2, -0.15) is 5.26 Å². The minimum absolute atomic E-state index is 0.159. The lowest BCUT2D eigenvalue weighted by Crippen LogP contribution is -2.49. The second-order valence-corrected chi connectivity index (χ2v) is 8.74. The third kappa shape index (κ3) is 4.78. The first-order valence-electron chi connectivity index (χ1n) is 10.6. The van der Waals surface area contributed by atoms with Crippen LogP contribution in [0.25, 0.3) is 17.1 Å². The Balaban J connectivity index is 1.58. The summed E-state index contributed by atoms with van der Waals surface area (Å²) in [6, 6.07) is 19.8. The van der Waals surface area contributed by atoms with Crippen LogP contribution in [0.4, 0.5) is 0 Å². The summed E-state index contributed by atoms with van der Waals surface area (Å²) >= 11 is 1.31. The number of thioether (sulfide) groups is 1. The Kier molecular flexibility index (Phi) is 6.76. The van der Waals surface area contributed by atoms with Crippen molar-refractivity contribution in [2.24, 2.45) is 0 Å². The maximum Gasteiger partial charge on any atom is 0.231 e. The summed E-state index contributed by atoms with van der Waals surface area (Å²) in [5.41, 5.74) is 1.02. The molecule has 0 saturated heterocycles. The zero-order valence-electron chi connectivity index (χ0n) is 18.0. The van der Waals surface area contributed by atoms with Gasteiger partial charge in [0.25, 0.3) is 0 Å². The summed E-state index contributed by atoms with van der Waals surface area (Å²) in [6.45, 7) is 0. The zero-order valence-corrected chi connectivity index (χ0v) is 18.8. The highest BCUT2D eigenvalue weighted by atomic mass is 32.2. The predicted molar refractivity (Wildman–Crippen MR) is 124 cm³/mol. The molecule has 1 amide bonds. The topological polar surface area (TPSA) is 92.8 Å². The third-order valence-electron chi connectivity index (χ3n) is 5.61. The molecular weight excluding hydrogens is 422 g/mol. The summed E-state index contributed by atoms with van der Waals surface area (Å²) < 4.78 is 7.30. The van der Waals surface area contributed by atoms with Gasteiger partial charge in [0.15, 0.2) is 11.0 Å². The Morgan fingerprint density at radius 3 is 2.66 bits per heavy atom. The number of ether oxygens (including phenoxy) is 1. The molecule has 1 fully saturated rings. The van der Waals surface area contributed by atoms with Gasteiger partial charge in [-0.15, -0.1) is 10.2 Å². The number of nitriles is 1. The number of para-hydroxylation sites is 1. The minimum atomic E-state index is -0.741. The average molecular weight is 448 g/mol. The van der Waals surface area contributed by atoms with Crippen LogP contribution in [0, 0.1) is 11.3 Å². The van der Waals surface area contributed by atoms with Crippen molar-refractivity contribution in [3.8, 4) is 28.9 Å². The molecule has 0 aliphatic heterocycles. The normalized spacial score (nSPS) is 15.0. The highest BCUT2D eigenvalue weighted by molar-refractivity contribution is 7.99. The van der Waals surface area contributed by atoms with E-state index >= 15 is 0 Å². The molecule has 0 atom stereocenters. The number of carbonyl (C=O) groups excluding carboxylic acids is 1. The van der Waals surface area contributed by atoms with E-state index in [2.05, 4.69) is 21.6 Å². The van der Waals surface area contributed by atoms with Crippen LogP contribution in [0.5, 0.6) is 5.75 Å². The molecule has 1 aromatic heterocycles. The molecule has 0 unspecified atom stereocenters. The first kappa shape index (κ1) is 21.9. The fraction of sp³-hybridized carbons (Fsp3) is 0.333. The van der Waals surface area contributed by atoms with Crippen LogP contribution in [0.1, 0.15) is 32.1 Å². The minimum Gasteiger partial charge on any atom is -0.497 e. The number of hydrogen-bond donors (Lipinski definition) is 1.